The van der Waals surface area contributed by atoms with Crippen molar-refractivity contribution in [1.82, 2.24) is 0 Å². The van der Waals surface area contributed by atoms with Crippen LogP contribution in [0, 0.1) is 10.1 Å². The number of nitrogens with two attached hydrogens (primary N) is 1. The van der Waals surface area contributed by atoms with E-state index in [1.54, 1.807) is 0 Å². The van der Waals surface area contributed by atoms with Crippen LogP contribution in [0.4, 0.5) is 0 Å². The first kappa shape index (κ1) is 8.79. The van der Waals surface area contributed by atoms with E-state index in [1.807, 2.05) is 0 Å². The van der Waals surface area contributed by atoms with Gasteiger partial charge in [0.25, 0.3) is 0 Å². The summed E-state index contributed by atoms with van der Waals surface area (Å²) in [6.45, 7) is 0.417. The van der Waals surface area contributed by atoms with E-state index in [1.165, 1.54) is 12.4 Å². The summed E-state index contributed by atoms with van der Waals surface area (Å²) in [5.41, 5.74) is 5.24. The van der Waals surface area contributed by atoms with Crippen molar-refractivity contribution >= 4 is 12.4 Å². The Morgan fingerprint density at radius 2 is 2.08 bits per heavy atom. The Hall–Kier alpha value is -1.30. The Balaban J connectivity index is 2.67. The molecular weight excluding hydrogens is 160 g/mol. The van der Waals surface area contributed by atoms with Crippen molar-refractivity contribution in [3.05, 3.63) is 10.1 Å². The Bertz CT molecular complexity index is 224. The van der Waals surface area contributed by atoms with Gasteiger partial charge in [0.1, 0.15) is 0 Å². The molecule has 1 aliphatic rings. The van der Waals surface area contributed by atoms with Gasteiger partial charge >= 0.3 is 5.79 Å². The number of hydrogen-bond acceptors (Lipinski definition) is 5. The number of nitrogens with zero attached hydrogens (tertiary/aromatic N) is 3. The molecule has 2 N–H and O–H groups in total. The normalized spacial score (nSPS) is 18.4. The van der Waals surface area contributed by atoms with Crippen LogP contribution in [-0.4, -0.2) is 29.7 Å². The van der Waals surface area contributed by atoms with E-state index < -0.39 is 10.7 Å². The molecule has 6 heteroatoms. The second kappa shape index (κ2) is 3.40. The van der Waals surface area contributed by atoms with Gasteiger partial charge in [-0.15, -0.1) is 0 Å². The van der Waals surface area contributed by atoms with Crippen LogP contribution in [0.3, 0.4) is 0 Å². The molecule has 0 spiro atoms. The van der Waals surface area contributed by atoms with Crippen LogP contribution in [-0.2, 0) is 0 Å². The summed E-state index contributed by atoms with van der Waals surface area (Å²) in [5, 5.41) is 10.6. The average molecular weight is 170 g/mol. The zero-order valence-corrected chi connectivity index (χ0v) is 6.51. The molecule has 0 aromatic rings. The maximum atomic E-state index is 10.6. The van der Waals surface area contributed by atoms with Crippen LogP contribution >= 0.6 is 0 Å². The molecule has 66 valence electrons. The monoisotopic (exact) mass is 170 g/mol. The highest BCUT2D eigenvalue weighted by molar-refractivity contribution is 6.17. The Labute approximate surface area is 69.3 Å². The molecule has 12 heavy (non-hydrogen) atoms. The maximum Gasteiger partial charge on any atom is 0.411 e. The van der Waals surface area contributed by atoms with Crippen molar-refractivity contribution in [2.24, 2.45) is 15.7 Å². The molecule has 0 saturated heterocycles. The molecule has 0 aromatic carbocycles. The van der Waals surface area contributed by atoms with Gasteiger partial charge in [0.15, 0.2) is 0 Å². The minimum Gasteiger partial charge on any atom is -0.330 e. The van der Waals surface area contributed by atoms with E-state index in [4.69, 9.17) is 5.73 Å². The van der Waals surface area contributed by atoms with Gasteiger partial charge in [0.2, 0.25) is 0 Å². The van der Waals surface area contributed by atoms with E-state index in [2.05, 4.69) is 9.98 Å². The molecule has 0 saturated carbocycles. The summed E-state index contributed by atoms with van der Waals surface area (Å²) in [5.74, 6) is -1.47. The lowest BCUT2D eigenvalue weighted by Gasteiger charge is -2.12. The fraction of sp³-hybridized carbons (Fsp3) is 0.667. The van der Waals surface area contributed by atoms with E-state index >= 15 is 0 Å². The molecule has 0 fully saturated rings. The third kappa shape index (κ3) is 1.48. The third-order valence-electron chi connectivity index (χ3n) is 1.64. The zero-order valence-electron chi connectivity index (χ0n) is 6.51. The standard InChI is InChI=1S/C6H10N4O2/c7-3-1-2-6(10(11)12)8-4-5-9-6/h4-5H,1-3,7H2. The van der Waals surface area contributed by atoms with Crippen LogP contribution in [0.2, 0.25) is 0 Å². The lowest BCUT2D eigenvalue weighted by molar-refractivity contribution is -0.566. The van der Waals surface area contributed by atoms with Gasteiger partial charge in [-0.3, -0.25) is 10.1 Å². The van der Waals surface area contributed by atoms with Gasteiger partial charge in [-0.25, -0.2) is 0 Å². The van der Waals surface area contributed by atoms with Gasteiger partial charge < -0.3 is 5.73 Å². The number of aliphatic imine (C=N–C) groups is 2. The van der Waals surface area contributed by atoms with Crippen LogP contribution in [0.25, 0.3) is 0 Å². The summed E-state index contributed by atoms with van der Waals surface area (Å²) in [7, 11) is 0. The van der Waals surface area contributed by atoms with Gasteiger partial charge in [0, 0.05) is 12.4 Å². The predicted molar refractivity (Wildman–Crippen MR) is 45.0 cm³/mol. The largest absolute Gasteiger partial charge is 0.411 e. The molecule has 0 aliphatic carbocycles. The molecule has 0 amide bonds. The molecular formula is C6H10N4O2. The van der Waals surface area contributed by atoms with Crippen molar-refractivity contribution in [2.45, 2.75) is 18.6 Å². The molecule has 1 heterocycles. The minimum atomic E-state index is -1.47. The molecule has 1 rings (SSSR count). The molecule has 0 atom stereocenters. The van der Waals surface area contributed by atoms with E-state index in [0.717, 1.165) is 0 Å². The fourth-order valence-corrected chi connectivity index (χ4v) is 0.993. The highest BCUT2D eigenvalue weighted by Crippen LogP contribution is 2.22. The highest BCUT2D eigenvalue weighted by Gasteiger charge is 2.42. The van der Waals surface area contributed by atoms with Gasteiger partial charge in [0.05, 0.1) is 11.3 Å². The van der Waals surface area contributed by atoms with Crippen LogP contribution in [0.5, 0.6) is 0 Å². The Kier molecular flexibility index (Phi) is 2.49. The van der Waals surface area contributed by atoms with Crippen molar-refractivity contribution in [2.75, 3.05) is 6.54 Å². The summed E-state index contributed by atoms with van der Waals surface area (Å²) < 4.78 is 0. The lowest BCUT2D eigenvalue weighted by Crippen LogP contribution is -2.32. The SMILES string of the molecule is NCCCC1([N+](=O)[O-])N=CC=N1. The summed E-state index contributed by atoms with van der Waals surface area (Å²) in [6, 6.07) is 0. The molecule has 0 unspecified atom stereocenters. The first-order valence-corrected chi connectivity index (χ1v) is 3.65. The smallest absolute Gasteiger partial charge is 0.330 e. The summed E-state index contributed by atoms with van der Waals surface area (Å²) in [6.07, 6.45) is 3.51. The maximum absolute atomic E-state index is 10.6. The molecule has 1 aliphatic heterocycles. The lowest BCUT2D eigenvalue weighted by atomic mass is 10.2. The van der Waals surface area contributed by atoms with Crippen molar-refractivity contribution in [3.8, 4) is 0 Å². The second-order valence-electron chi connectivity index (χ2n) is 2.48. The first-order chi connectivity index (χ1) is 5.71. The number of rotatable bonds is 4. The van der Waals surface area contributed by atoms with Crippen LogP contribution in [0.15, 0.2) is 9.98 Å². The number of nitro groups is 1. The third-order valence-corrected chi connectivity index (χ3v) is 1.64. The second-order valence-corrected chi connectivity index (χ2v) is 2.48. The van der Waals surface area contributed by atoms with Gasteiger partial charge in [-0.05, 0) is 13.0 Å². The molecule has 0 aromatic heterocycles. The Morgan fingerprint density at radius 3 is 2.50 bits per heavy atom. The molecule has 0 radical (unpaired) electrons. The predicted octanol–water partition coefficient (Wildman–Crippen LogP) is -0.189. The van der Waals surface area contributed by atoms with E-state index in [-0.39, 0.29) is 6.42 Å². The molecule has 6 nitrogen and oxygen atoms in total. The van der Waals surface area contributed by atoms with E-state index in [9.17, 15) is 10.1 Å². The zero-order chi connectivity index (χ0) is 9.03. The Morgan fingerprint density at radius 1 is 1.50 bits per heavy atom. The minimum absolute atomic E-state index is 0.267. The summed E-state index contributed by atoms with van der Waals surface area (Å²) in [4.78, 5) is 17.5. The highest BCUT2D eigenvalue weighted by atomic mass is 16.6. The number of hydrogen-bond donors (Lipinski definition) is 1. The molecule has 0 bridgehead atoms. The average Bonchev–Trinajstić information content (AvgIpc) is 2.50. The quantitative estimate of drug-likeness (QED) is 0.468. The topological polar surface area (TPSA) is 93.9 Å². The first-order valence-electron chi connectivity index (χ1n) is 3.65. The summed E-state index contributed by atoms with van der Waals surface area (Å²) >= 11 is 0. The van der Waals surface area contributed by atoms with E-state index in [0.29, 0.717) is 13.0 Å². The van der Waals surface area contributed by atoms with Crippen LogP contribution in [0.1, 0.15) is 12.8 Å². The van der Waals surface area contributed by atoms with Crippen LogP contribution < -0.4 is 5.73 Å². The van der Waals surface area contributed by atoms with Crippen molar-refractivity contribution in [1.29, 1.82) is 0 Å². The fourth-order valence-electron chi connectivity index (χ4n) is 0.993. The van der Waals surface area contributed by atoms with Crippen molar-refractivity contribution in [3.63, 3.8) is 0 Å². The van der Waals surface area contributed by atoms with Crippen molar-refractivity contribution < 1.29 is 4.92 Å². The van der Waals surface area contributed by atoms with Gasteiger partial charge in [-0.1, -0.05) is 0 Å². The van der Waals surface area contributed by atoms with Gasteiger partial charge in [-0.2, -0.15) is 9.98 Å².